The Balaban J connectivity index is 2.52. The van der Waals surface area contributed by atoms with Gasteiger partial charge in [0.1, 0.15) is 0 Å². The van der Waals surface area contributed by atoms with Gasteiger partial charge < -0.3 is 0 Å². The monoisotopic (exact) mass is 408 g/mol. The molecule has 0 aliphatic heterocycles. The molecule has 0 amide bonds. The van der Waals surface area contributed by atoms with Gasteiger partial charge in [-0.25, -0.2) is 8.42 Å². The number of hydrogen-bond acceptors (Lipinski definition) is 4. The minimum absolute atomic E-state index is 0.155. The zero-order chi connectivity index (χ0) is 19.7. The number of anilines is 1. The van der Waals surface area contributed by atoms with Crippen molar-refractivity contribution in [3.05, 3.63) is 63.2 Å². The molecule has 26 heavy (non-hydrogen) atoms. The molecule has 0 spiro atoms. The van der Waals surface area contributed by atoms with Crippen molar-refractivity contribution < 1.29 is 26.5 Å². The average Bonchev–Trinajstić information content (AvgIpc) is 2.55. The van der Waals surface area contributed by atoms with Gasteiger partial charge in [0.15, 0.2) is 0 Å². The summed E-state index contributed by atoms with van der Waals surface area (Å²) in [6.45, 7) is 1.29. The van der Waals surface area contributed by atoms with Gasteiger partial charge in [-0.15, -0.1) is 0 Å². The van der Waals surface area contributed by atoms with E-state index in [1.54, 1.807) is 0 Å². The van der Waals surface area contributed by atoms with Gasteiger partial charge in [-0.3, -0.25) is 14.4 Å². The van der Waals surface area contributed by atoms with Gasteiger partial charge in [0.2, 0.25) is 0 Å². The smallest absolute Gasteiger partial charge is 0.267 e. The van der Waals surface area contributed by atoms with Crippen LogP contribution in [0.5, 0.6) is 0 Å². The highest BCUT2D eigenvalue weighted by molar-refractivity contribution is 7.92. The molecule has 6 nitrogen and oxygen atoms in total. The number of alkyl halides is 3. The largest absolute Gasteiger partial charge is 0.417 e. The van der Waals surface area contributed by atoms with Gasteiger partial charge in [-0.2, -0.15) is 13.2 Å². The van der Waals surface area contributed by atoms with E-state index in [9.17, 15) is 31.7 Å². The topological polar surface area (TPSA) is 80.5 Å². The number of benzene rings is 2. The third kappa shape index (κ3) is 3.91. The second-order valence-corrected chi connectivity index (χ2v) is 7.35. The number of non-ortho nitro benzene ring substituents is 1. The molecule has 0 unspecified atom stereocenters. The summed E-state index contributed by atoms with van der Waals surface area (Å²) in [5, 5.41) is 10.1. The van der Waals surface area contributed by atoms with Crippen molar-refractivity contribution in [2.75, 3.05) is 10.8 Å². The molecule has 0 aliphatic carbocycles. The predicted molar refractivity (Wildman–Crippen MR) is 89.8 cm³/mol. The highest BCUT2D eigenvalue weighted by Gasteiger charge is 2.35. The van der Waals surface area contributed by atoms with Gasteiger partial charge >= 0.3 is 6.18 Å². The van der Waals surface area contributed by atoms with Gasteiger partial charge in [-0.1, -0.05) is 11.6 Å². The number of nitro benzene ring substituents is 1. The third-order valence-electron chi connectivity index (χ3n) is 3.47. The van der Waals surface area contributed by atoms with E-state index < -0.39 is 31.7 Å². The van der Waals surface area contributed by atoms with E-state index in [1.807, 2.05) is 0 Å². The molecular weight excluding hydrogens is 397 g/mol. The maximum atomic E-state index is 13.0. The van der Waals surface area contributed by atoms with Gasteiger partial charge in [-0.05, 0) is 37.3 Å². The van der Waals surface area contributed by atoms with Crippen molar-refractivity contribution in [3.8, 4) is 0 Å². The van der Waals surface area contributed by atoms with Crippen molar-refractivity contribution in [2.45, 2.75) is 18.0 Å². The lowest BCUT2D eigenvalue weighted by molar-refractivity contribution is -0.384. The summed E-state index contributed by atoms with van der Waals surface area (Å²) in [4.78, 5) is 9.69. The van der Waals surface area contributed by atoms with E-state index in [0.717, 1.165) is 40.7 Å². The van der Waals surface area contributed by atoms with Gasteiger partial charge in [0.25, 0.3) is 15.7 Å². The van der Waals surface area contributed by atoms with Crippen LogP contribution in [0.2, 0.25) is 5.02 Å². The van der Waals surface area contributed by atoms with Crippen LogP contribution >= 0.6 is 11.6 Å². The zero-order valence-electron chi connectivity index (χ0n) is 13.2. The predicted octanol–water partition coefficient (Wildman–Crippen LogP) is 4.48. The van der Waals surface area contributed by atoms with Crippen molar-refractivity contribution in [1.82, 2.24) is 0 Å². The molecule has 11 heteroatoms. The molecule has 140 valence electrons. The molecule has 2 rings (SSSR count). The maximum absolute atomic E-state index is 13.0. The van der Waals surface area contributed by atoms with Crippen LogP contribution in [0.25, 0.3) is 0 Å². The van der Waals surface area contributed by atoms with Gasteiger partial charge in [0.05, 0.1) is 26.1 Å². The molecule has 0 aliphatic rings. The first-order chi connectivity index (χ1) is 12.0. The van der Waals surface area contributed by atoms with Crippen LogP contribution in [0.15, 0.2) is 47.4 Å². The minimum Gasteiger partial charge on any atom is -0.267 e. The number of sulfonamides is 1. The molecule has 0 saturated carbocycles. The SMILES string of the molecule is CCN(c1ccc(Cl)c(C(F)(F)F)c1)S(=O)(=O)c1ccc([N+](=O)[O-])cc1. The highest BCUT2D eigenvalue weighted by atomic mass is 35.5. The van der Waals surface area contributed by atoms with E-state index in [0.29, 0.717) is 6.07 Å². The van der Waals surface area contributed by atoms with Crippen LogP contribution in [-0.4, -0.2) is 19.9 Å². The number of nitrogens with zero attached hydrogens (tertiary/aromatic N) is 2. The van der Waals surface area contributed by atoms with Crippen molar-refractivity contribution in [3.63, 3.8) is 0 Å². The lowest BCUT2D eigenvalue weighted by atomic mass is 10.2. The summed E-state index contributed by atoms with van der Waals surface area (Å²) >= 11 is 5.56. The lowest BCUT2D eigenvalue weighted by Gasteiger charge is -2.24. The first-order valence-electron chi connectivity index (χ1n) is 7.12. The molecule has 0 radical (unpaired) electrons. The summed E-state index contributed by atoms with van der Waals surface area (Å²) in [7, 11) is -4.22. The summed E-state index contributed by atoms with van der Waals surface area (Å²) in [6, 6.07) is 6.83. The number of halogens is 4. The molecule has 2 aromatic carbocycles. The Bertz CT molecular complexity index is 931. The Morgan fingerprint density at radius 1 is 1.15 bits per heavy atom. The van der Waals surface area contributed by atoms with E-state index in [-0.39, 0.29) is 22.8 Å². The number of rotatable bonds is 5. The van der Waals surface area contributed by atoms with E-state index >= 15 is 0 Å². The lowest BCUT2D eigenvalue weighted by Crippen LogP contribution is -2.31. The average molecular weight is 409 g/mol. The zero-order valence-corrected chi connectivity index (χ0v) is 14.8. The number of hydrogen-bond donors (Lipinski definition) is 0. The minimum atomic E-state index is -4.75. The fourth-order valence-electron chi connectivity index (χ4n) is 2.24. The summed E-state index contributed by atoms with van der Waals surface area (Å²) in [5.41, 5.74) is -1.69. The third-order valence-corrected chi connectivity index (χ3v) is 5.71. The molecule has 0 atom stereocenters. The van der Waals surface area contributed by atoms with Crippen LogP contribution in [-0.2, 0) is 16.2 Å². The van der Waals surface area contributed by atoms with Gasteiger partial charge in [0, 0.05) is 18.7 Å². The van der Waals surface area contributed by atoms with Crippen LogP contribution < -0.4 is 4.31 Å². The Hall–Kier alpha value is -2.33. The molecular formula is C15H12ClF3N2O4S. The normalized spacial score (nSPS) is 12.0. The Morgan fingerprint density at radius 3 is 2.19 bits per heavy atom. The highest BCUT2D eigenvalue weighted by Crippen LogP contribution is 2.38. The second-order valence-electron chi connectivity index (χ2n) is 5.08. The summed E-state index contributed by atoms with van der Waals surface area (Å²) < 4.78 is 65.3. The first-order valence-corrected chi connectivity index (χ1v) is 8.94. The summed E-state index contributed by atoms with van der Waals surface area (Å²) in [5.74, 6) is 0. The van der Waals surface area contributed by atoms with E-state index in [1.165, 1.54) is 6.92 Å². The molecule has 0 heterocycles. The van der Waals surface area contributed by atoms with Crippen LogP contribution in [0, 0.1) is 10.1 Å². The van der Waals surface area contributed by atoms with Crippen LogP contribution in [0.4, 0.5) is 24.5 Å². The molecule has 0 fully saturated rings. The quantitative estimate of drug-likeness (QED) is 0.539. The molecule has 0 saturated heterocycles. The van der Waals surface area contributed by atoms with Crippen molar-refractivity contribution in [1.29, 1.82) is 0 Å². The second kappa shape index (κ2) is 7.12. The molecule has 2 aromatic rings. The summed E-state index contributed by atoms with van der Waals surface area (Å²) in [6.07, 6.45) is -4.75. The maximum Gasteiger partial charge on any atom is 0.417 e. The van der Waals surface area contributed by atoms with Crippen molar-refractivity contribution >= 4 is 33.0 Å². The van der Waals surface area contributed by atoms with Crippen LogP contribution in [0.3, 0.4) is 0 Å². The molecule has 0 bridgehead atoms. The Kier molecular flexibility index (Phi) is 5.47. The standard InChI is InChI=1S/C15H12ClF3N2O4S/c1-2-20(11-5-8-14(16)13(9-11)15(17,18)19)26(24,25)12-6-3-10(4-7-12)21(22)23/h3-9H,2H2,1H3. The van der Waals surface area contributed by atoms with Crippen LogP contribution in [0.1, 0.15) is 12.5 Å². The Morgan fingerprint density at radius 2 is 1.73 bits per heavy atom. The fourth-order valence-corrected chi connectivity index (χ4v) is 3.93. The molecule has 0 N–H and O–H groups in total. The van der Waals surface area contributed by atoms with E-state index in [4.69, 9.17) is 11.6 Å². The van der Waals surface area contributed by atoms with E-state index in [2.05, 4.69) is 0 Å². The fraction of sp³-hybridized carbons (Fsp3) is 0.200. The molecule has 0 aromatic heterocycles. The number of nitro groups is 1. The first kappa shape index (κ1) is 20.0. The Labute approximate surface area is 152 Å². The van der Waals surface area contributed by atoms with Crippen molar-refractivity contribution in [2.24, 2.45) is 0 Å².